The highest BCUT2D eigenvalue weighted by Gasteiger charge is 2.48. The van der Waals surface area contributed by atoms with Crippen molar-refractivity contribution in [1.82, 2.24) is 25.1 Å². The van der Waals surface area contributed by atoms with Crippen LogP contribution >= 0.6 is 11.8 Å². The molecule has 1 aromatic rings. The highest BCUT2D eigenvalue weighted by atomic mass is 32.2. The maximum atomic E-state index is 13.0. The Morgan fingerprint density at radius 2 is 2.08 bits per heavy atom. The van der Waals surface area contributed by atoms with Gasteiger partial charge in [-0.1, -0.05) is 18.6 Å². The molecule has 0 radical (unpaired) electrons. The van der Waals surface area contributed by atoms with Gasteiger partial charge < -0.3 is 20.3 Å². The Morgan fingerprint density at radius 1 is 1.31 bits per heavy atom. The zero-order valence-electron chi connectivity index (χ0n) is 21.1. The zero-order chi connectivity index (χ0) is 25.7. The molecular formula is C25H35N7O3S. The van der Waals surface area contributed by atoms with Crippen LogP contribution in [0, 0.1) is 17.8 Å². The van der Waals surface area contributed by atoms with Crippen molar-refractivity contribution in [1.29, 1.82) is 0 Å². The van der Waals surface area contributed by atoms with E-state index < -0.39 is 0 Å². The molecule has 2 saturated heterocycles. The first-order valence-electron chi connectivity index (χ1n) is 12.3. The number of nitrogens with one attached hydrogen (secondary N) is 2. The summed E-state index contributed by atoms with van der Waals surface area (Å²) < 4.78 is 5.11. The minimum atomic E-state index is -0.261. The maximum absolute atomic E-state index is 13.0. The van der Waals surface area contributed by atoms with E-state index in [2.05, 4.69) is 46.2 Å². The van der Waals surface area contributed by atoms with Crippen LogP contribution in [0.4, 0.5) is 10.7 Å². The van der Waals surface area contributed by atoms with E-state index in [1.54, 1.807) is 16.7 Å². The predicted octanol–water partition coefficient (Wildman–Crippen LogP) is 2.62. The third kappa shape index (κ3) is 6.37. The normalized spacial score (nSPS) is 24.6. The van der Waals surface area contributed by atoms with E-state index in [-0.39, 0.29) is 29.9 Å². The van der Waals surface area contributed by atoms with Crippen molar-refractivity contribution >= 4 is 36.4 Å². The number of hydrogen-bond acceptors (Lipinski definition) is 9. The van der Waals surface area contributed by atoms with Crippen molar-refractivity contribution in [2.45, 2.75) is 31.2 Å². The molecule has 0 aromatic carbocycles. The lowest BCUT2D eigenvalue weighted by Gasteiger charge is -2.35. The molecule has 1 aromatic heterocycles. The predicted molar refractivity (Wildman–Crippen MR) is 141 cm³/mol. The minimum absolute atomic E-state index is 0.00917. The quantitative estimate of drug-likeness (QED) is 0.264. The first-order chi connectivity index (χ1) is 17.4. The number of piperazine rings is 1. The Morgan fingerprint density at radius 3 is 2.81 bits per heavy atom. The molecule has 4 atom stereocenters. The van der Waals surface area contributed by atoms with E-state index in [1.807, 2.05) is 35.7 Å². The summed E-state index contributed by atoms with van der Waals surface area (Å²) in [6, 6.07) is -0.00917. The van der Waals surface area contributed by atoms with Gasteiger partial charge in [0.25, 0.3) is 0 Å². The SMILES string of the molecule is C=N/C(=C\C=C(/C)[C@H]1C[C@@H]1C(=O)N1CCN2C(=O)OCC2C1)NC[C@@H](C)CNc1ncc(SC)cn1. The van der Waals surface area contributed by atoms with Gasteiger partial charge in [-0.05, 0) is 44.2 Å². The Hall–Kier alpha value is -3.08. The van der Waals surface area contributed by atoms with Crippen molar-refractivity contribution in [2.24, 2.45) is 22.7 Å². The molecule has 2 aliphatic heterocycles. The van der Waals surface area contributed by atoms with Gasteiger partial charge in [-0.15, -0.1) is 11.8 Å². The summed E-state index contributed by atoms with van der Waals surface area (Å²) in [5.41, 5.74) is 1.16. The van der Waals surface area contributed by atoms with Crippen LogP contribution in [0.1, 0.15) is 20.3 Å². The molecule has 3 heterocycles. The summed E-state index contributed by atoms with van der Waals surface area (Å²) in [6.07, 6.45) is 10.2. The van der Waals surface area contributed by atoms with Crippen LogP contribution in [0.5, 0.6) is 0 Å². The van der Waals surface area contributed by atoms with Gasteiger partial charge in [-0.3, -0.25) is 9.69 Å². The van der Waals surface area contributed by atoms with Gasteiger partial charge in [0, 0.05) is 55.9 Å². The number of allylic oxidation sites excluding steroid dienone is 3. The average molecular weight is 514 g/mol. The molecular weight excluding hydrogens is 478 g/mol. The van der Waals surface area contributed by atoms with Gasteiger partial charge in [-0.25, -0.2) is 19.8 Å². The molecule has 3 aliphatic rings. The molecule has 36 heavy (non-hydrogen) atoms. The number of cyclic esters (lactones) is 1. The summed E-state index contributed by atoms with van der Waals surface area (Å²) in [7, 11) is 0. The fourth-order valence-corrected chi connectivity index (χ4v) is 4.84. The van der Waals surface area contributed by atoms with E-state index in [4.69, 9.17) is 4.74 Å². The first kappa shape index (κ1) is 26.0. The average Bonchev–Trinajstić information content (AvgIpc) is 3.63. The third-order valence-corrected chi connectivity index (χ3v) is 7.58. The number of aromatic nitrogens is 2. The number of nitrogens with zero attached hydrogens (tertiary/aromatic N) is 5. The van der Waals surface area contributed by atoms with E-state index in [0.29, 0.717) is 43.9 Å². The number of aliphatic imine (C=N–C) groups is 1. The Labute approximate surface area is 216 Å². The van der Waals surface area contributed by atoms with Gasteiger partial charge >= 0.3 is 6.09 Å². The smallest absolute Gasteiger partial charge is 0.410 e. The lowest BCUT2D eigenvalue weighted by atomic mass is 10.1. The number of hydrogen-bond donors (Lipinski definition) is 2. The van der Waals surface area contributed by atoms with Crippen LogP contribution in [-0.4, -0.2) is 90.1 Å². The molecule has 194 valence electrons. The highest BCUT2D eigenvalue weighted by Crippen LogP contribution is 2.45. The highest BCUT2D eigenvalue weighted by molar-refractivity contribution is 7.98. The third-order valence-electron chi connectivity index (χ3n) is 6.90. The van der Waals surface area contributed by atoms with Crippen LogP contribution in [0.25, 0.3) is 0 Å². The summed E-state index contributed by atoms with van der Waals surface area (Å²) >= 11 is 1.61. The Balaban J connectivity index is 1.21. The largest absolute Gasteiger partial charge is 0.447 e. The molecule has 10 nitrogen and oxygen atoms in total. The number of carbonyl (C=O) groups is 2. The van der Waals surface area contributed by atoms with Crippen LogP contribution in [0.3, 0.4) is 0 Å². The van der Waals surface area contributed by atoms with Crippen LogP contribution in [-0.2, 0) is 9.53 Å². The number of anilines is 1. The lowest BCUT2D eigenvalue weighted by molar-refractivity contribution is -0.135. The molecule has 2 amide bonds. The molecule has 1 saturated carbocycles. The second-order valence-corrected chi connectivity index (χ2v) is 10.5. The molecule has 1 unspecified atom stereocenters. The molecule has 3 fully saturated rings. The van der Waals surface area contributed by atoms with Gasteiger partial charge in [0.2, 0.25) is 11.9 Å². The molecule has 11 heteroatoms. The molecule has 0 spiro atoms. The summed E-state index contributed by atoms with van der Waals surface area (Å²) in [5.74, 6) is 2.09. The van der Waals surface area contributed by atoms with Crippen molar-refractivity contribution in [3.8, 4) is 0 Å². The van der Waals surface area contributed by atoms with Crippen molar-refractivity contribution in [3.05, 3.63) is 35.9 Å². The lowest BCUT2D eigenvalue weighted by Crippen LogP contribution is -2.54. The van der Waals surface area contributed by atoms with Crippen molar-refractivity contribution in [2.75, 3.05) is 50.9 Å². The summed E-state index contributed by atoms with van der Waals surface area (Å²) in [4.78, 5) is 42.1. The van der Waals surface area contributed by atoms with Crippen LogP contribution in [0.15, 0.2) is 45.8 Å². The maximum Gasteiger partial charge on any atom is 0.410 e. The summed E-state index contributed by atoms with van der Waals surface area (Å²) in [5, 5.41) is 6.59. The van der Waals surface area contributed by atoms with E-state index >= 15 is 0 Å². The second-order valence-electron chi connectivity index (χ2n) is 9.59. The number of fused-ring (bicyclic) bond motifs is 1. The number of amides is 2. The zero-order valence-corrected chi connectivity index (χ0v) is 22.0. The molecule has 1 aliphatic carbocycles. The van der Waals surface area contributed by atoms with E-state index in [1.165, 1.54) is 0 Å². The van der Waals surface area contributed by atoms with Gasteiger partial charge in [0.05, 0.1) is 6.04 Å². The Kier molecular flexibility index (Phi) is 8.50. The van der Waals surface area contributed by atoms with E-state index in [0.717, 1.165) is 30.0 Å². The first-order valence-corrected chi connectivity index (χ1v) is 13.5. The molecule has 4 rings (SSSR count). The van der Waals surface area contributed by atoms with Crippen LogP contribution < -0.4 is 10.6 Å². The van der Waals surface area contributed by atoms with Crippen molar-refractivity contribution in [3.63, 3.8) is 0 Å². The van der Waals surface area contributed by atoms with E-state index in [9.17, 15) is 9.59 Å². The van der Waals surface area contributed by atoms with Crippen molar-refractivity contribution < 1.29 is 14.3 Å². The standard InChI is InChI=1S/C25H35N7O3S/c1-16(11-28-24-29-12-19(36-4)13-30-24)10-27-22(26-3)6-5-17(2)20-9-21(20)23(33)31-7-8-32-18(14-31)15-35-25(32)34/h5-6,12-13,16,18,20-21,27H,3,7-11,14-15H2,1-2,4H3,(H,28,29,30)/b17-5+,22-6+/t16-,18?,20-,21+/m1/s1. The minimum Gasteiger partial charge on any atom is -0.447 e. The van der Waals surface area contributed by atoms with Gasteiger partial charge in [0.1, 0.15) is 12.4 Å². The second kappa shape index (κ2) is 11.8. The topological polar surface area (TPSA) is 112 Å². The molecule has 0 bridgehead atoms. The fourth-order valence-electron chi connectivity index (χ4n) is 4.53. The number of carbonyl (C=O) groups excluding carboxylic acids is 2. The van der Waals surface area contributed by atoms with Gasteiger partial charge in [-0.2, -0.15) is 0 Å². The number of ether oxygens (including phenoxy) is 1. The number of rotatable bonds is 11. The molecule has 2 N–H and O–H groups in total. The van der Waals surface area contributed by atoms with Gasteiger partial charge in [0.15, 0.2) is 0 Å². The van der Waals surface area contributed by atoms with Crippen LogP contribution in [0.2, 0.25) is 0 Å². The monoisotopic (exact) mass is 513 g/mol. The Bertz CT molecular complexity index is 1030. The summed E-state index contributed by atoms with van der Waals surface area (Å²) in [6.45, 7) is 11.4. The number of thioether (sulfide) groups is 1. The fraction of sp³-hybridized carbons (Fsp3) is 0.560.